The fourth-order valence-electron chi connectivity index (χ4n) is 7.01. The van der Waals surface area contributed by atoms with Gasteiger partial charge in [0, 0.05) is 101 Å². The number of urea groups is 1. The summed E-state index contributed by atoms with van der Waals surface area (Å²) in [5.41, 5.74) is 4.26. The molecule has 63 heavy (non-hydrogen) atoms. The van der Waals surface area contributed by atoms with Crippen LogP contribution in [0, 0.1) is 0 Å². The Morgan fingerprint density at radius 2 is 1.62 bits per heavy atom. The van der Waals surface area contributed by atoms with Crippen LogP contribution in [0.5, 0.6) is 0 Å². The van der Waals surface area contributed by atoms with Crippen LogP contribution in [0.2, 0.25) is 5.02 Å². The van der Waals surface area contributed by atoms with Gasteiger partial charge < -0.3 is 51.8 Å². The van der Waals surface area contributed by atoms with Crippen molar-refractivity contribution in [1.29, 1.82) is 0 Å². The van der Waals surface area contributed by atoms with E-state index in [0.29, 0.717) is 104 Å². The predicted molar refractivity (Wildman–Crippen MR) is 244 cm³/mol. The van der Waals surface area contributed by atoms with Crippen molar-refractivity contribution in [1.82, 2.24) is 41.0 Å². The number of carbonyl (C=O) groups excluding carboxylic acids is 6. The first-order valence-corrected chi connectivity index (χ1v) is 21.1. The molecular weight excluding hydrogens is 828 g/mol. The van der Waals surface area contributed by atoms with Gasteiger partial charge in [-0.05, 0) is 68.9 Å². The van der Waals surface area contributed by atoms with Crippen LogP contribution < -0.4 is 42.1 Å². The average molecular weight is 883 g/mol. The third-order valence-corrected chi connectivity index (χ3v) is 10.7. The van der Waals surface area contributed by atoms with Crippen molar-refractivity contribution in [2.75, 3.05) is 87.8 Å². The van der Waals surface area contributed by atoms with E-state index in [1.54, 1.807) is 60.3 Å². The number of anilines is 6. The van der Waals surface area contributed by atoms with Crippen molar-refractivity contribution < 1.29 is 28.8 Å². The summed E-state index contributed by atoms with van der Waals surface area (Å²) in [7, 11) is 4.83. The van der Waals surface area contributed by atoms with Crippen LogP contribution in [0.25, 0.3) is 0 Å². The molecule has 7 N–H and O–H groups in total. The molecule has 334 valence electrons. The number of aldehydes is 2. The Bertz CT molecular complexity index is 2200. The summed E-state index contributed by atoms with van der Waals surface area (Å²) in [6.07, 6.45) is 4.29. The number of nitrogens with zero attached hydrogens (tertiary/aromatic N) is 5. The standard InChI is InChI=1S/C44H55ClN12O6/c1-46-41(61)33-10-4-5-11-36(33)53-40-35(45)27-50-43(54-40)51-31-15-17-32(18-16-31)56-22-24-57(25-23-56)44(63)49-21-20-48-19-7-14-39(60)52-37-12-6-9-30(29-59)34(37)28-55(3)38(13-8-26-58)42(62)47-2/h4-6,9-12,15-18,26-27,29,38,48H,7-8,13-14,19-25,28H2,1-3H3,(H,46,61)(H,47,62)(H,49,63)(H,52,60)(H2,50,51,53,54). The average Bonchev–Trinajstić information content (AvgIpc) is 3.30. The summed E-state index contributed by atoms with van der Waals surface area (Å²) in [5, 5.41) is 21.0. The number of hydrogen-bond acceptors (Lipinski definition) is 13. The van der Waals surface area contributed by atoms with Crippen LogP contribution in [-0.2, 0) is 20.9 Å². The van der Waals surface area contributed by atoms with Gasteiger partial charge in [-0.2, -0.15) is 4.98 Å². The van der Waals surface area contributed by atoms with Crippen molar-refractivity contribution in [3.05, 3.63) is 94.6 Å². The zero-order valence-electron chi connectivity index (χ0n) is 35.7. The minimum Gasteiger partial charge on any atom is -0.368 e. The SMILES string of the molecule is CNC(=O)c1ccccc1Nc1nc(Nc2ccc(N3CCN(C(=O)NCCNCCCC(=O)Nc4cccc(C=O)c4CN(C)C(CCC=O)C(=O)NC)CC3)cc2)ncc1Cl. The van der Waals surface area contributed by atoms with Gasteiger partial charge in [0.1, 0.15) is 17.6 Å². The Morgan fingerprint density at radius 1 is 0.873 bits per heavy atom. The lowest BCUT2D eigenvalue weighted by atomic mass is 10.0. The number of para-hydroxylation sites is 1. The van der Waals surface area contributed by atoms with Gasteiger partial charge in [-0.3, -0.25) is 24.1 Å². The van der Waals surface area contributed by atoms with Gasteiger partial charge >= 0.3 is 6.03 Å². The zero-order valence-corrected chi connectivity index (χ0v) is 36.5. The molecule has 5 rings (SSSR count). The Hall–Kier alpha value is -6.63. The van der Waals surface area contributed by atoms with E-state index in [9.17, 15) is 28.8 Å². The van der Waals surface area contributed by atoms with E-state index in [4.69, 9.17) is 11.6 Å². The topological polar surface area (TPSA) is 222 Å². The summed E-state index contributed by atoms with van der Waals surface area (Å²) in [6.45, 7) is 4.20. The maximum absolute atomic E-state index is 12.9. The molecular formula is C44H55ClN12O6. The molecule has 19 heteroatoms. The molecule has 0 saturated carbocycles. The highest BCUT2D eigenvalue weighted by Gasteiger charge is 2.25. The van der Waals surface area contributed by atoms with Gasteiger partial charge in [0.25, 0.3) is 5.91 Å². The smallest absolute Gasteiger partial charge is 0.317 e. The molecule has 0 radical (unpaired) electrons. The number of hydrogen-bond donors (Lipinski definition) is 7. The summed E-state index contributed by atoms with van der Waals surface area (Å²) in [4.78, 5) is 88.1. The number of halogens is 1. The molecule has 1 unspecified atom stereocenters. The van der Waals surface area contributed by atoms with Crippen LogP contribution in [-0.4, -0.2) is 129 Å². The lowest BCUT2D eigenvalue weighted by Crippen LogP contribution is -2.52. The van der Waals surface area contributed by atoms with Crippen molar-refractivity contribution in [3.8, 4) is 0 Å². The number of rotatable bonds is 22. The quantitative estimate of drug-likeness (QED) is 0.0436. The van der Waals surface area contributed by atoms with Crippen molar-refractivity contribution in [2.45, 2.75) is 38.3 Å². The number of benzene rings is 3. The van der Waals surface area contributed by atoms with Gasteiger partial charge in [-0.25, -0.2) is 9.78 Å². The minimum atomic E-state index is -0.586. The highest BCUT2D eigenvalue weighted by molar-refractivity contribution is 6.33. The number of piperazine rings is 1. The molecule has 1 saturated heterocycles. The number of carbonyl (C=O) groups is 6. The van der Waals surface area contributed by atoms with Crippen molar-refractivity contribution in [3.63, 3.8) is 0 Å². The van der Waals surface area contributed by atoms with Crippen molar-refractivity contribution >= 4 is 82.4 Å². The van der Waals surface area contributed by atoms with Crippen LogP contribution in [0.15, 0.2) is 72.9 Å². The molecule has 0 aliphatic carbocycles. The Balaban J connectivity index is 0.992. The molecule has 3 aromatic carbocycles. The Labute approximate surface area is 371 Å². The summed E-state index contributed by atoms with van der Waals surface area (Å²) in [5.74, 6) is -0.0299. The van der Waals surface area contributed by atoms with Crippen LogP contribution >= 0.6 is 11.6 Å². The molecule has 0 spiro atoms. The summed E-state index contributed by atoms with van der Waals surface area (Å²) >= 11 is 6.38. The van der Waals surface area contributed by atoms with Crippen LogP contribution in [0.1, 0.15) is 52.0 Å². The second-order valence-corrected chi connectivity index (χ2v) is 15.1. The zero-order chi connectivity index (χ0) is 45.1. The highest BCUT2D eigenvalue weighted by atomic mass is 35.5. The number of nitrogens with one attached hydrogen (secondary N) is 7. The second kappa shape index (κ2) is 24.1. The summed E-state index contributed by atoms with van der Waals surface area (Å²) < 4.78 is 0. The molecule has 18 nitrogen and oxygen atoms in total. The fourth-order valence-corrected chi connectivity index (χ4v) is 7.15. The van der Waals surface area contributed by atoms with Crippen LogP contribution in [0.3, 0.4) is 0 Å². The monoisotopic (exact) mass is 882 g/mol. The Morgan fingerprint density at radius 3 is 2.33 bits per heavy atom. The van der Waals surface area contributed by atoms with Gasteiger partial charge in [-0.15, -0.1) is 0 Å². The minimum absolute atomic E-state index is 0.131. The fraction of sp³-hybridized carbons (Fsp3) is 0.364. The van der Waals surface area contributed by atoms with E-state index in [1.165, 1.54) is 13.2 Å². The normalized spacial score (nSPS) is 12.8. The lowest BCUT2D eigenvalue weighted by Gasteiger charge is -2.36. The molecule has 1 aliphatic rings. The first-order valence-electron chi connectivity index (χ1n) is 20.7. The highest BCUT2D eigenvalue weighted by Crippen LogP contribution is 2.28. The van der Waals surface area contributed by atoms with Crippen molar-refractivity contribution in [2.24, 2.45) is 0 Å². The largest absolute Gasteiger partial charge is 0.368 e. The maximum atomic E-state index is 12.9. The van der Waals surface area contributed by atoms with Gasteiger partial charge in [0.2, 0.25) is 17.8 Å². The van der Waals surface area contributed by atoms with E-state index < -0.39 is 6.04 Å². The van der Waals surface area contributed by atoms with Gasteiger partial charge in [-0.1, -0.05) is 35.9 Å². The molecule has 1 atom stereocenters. The molecule has 5 amide bonds. The van der Waals surface area contributed by atoms with E-state index in [0.717, 1.165) is 23.9 Å². The molecule has 0 bridgehead atoms. The molecule has 1 aromatic heterocycles. The van der Waals surface area contributed by atoms with E-state index >= 15 is 0 Å². The second-order valence-electron chi connectivity index (χ2n) is 14.7. The molecule has 1 aliphatic heterocycles. The maximum Gasteiger partial charge on any atom is 0.317 e. The lowest BCUT2D eigenvalue weighted by molar-refractivity contribution is -0.126. The van der Waals surface area contributed by atoms with E-state index in [2.05, 4.69) is 52.1 Å². The predicted octanol–water partition coefficient (Wildman–Crippen LogP) is 4.15. The van der Waals surface area contributed by atoms with Crippen LogP contribution in [0.4, 0.5) is 39.3 Å². The van der Waals surface area contributed by atoms with E-state index in [-0.39, 0.29) is 43.1 Å². The third-order valence-electron chi connectivity index (χ3n) is 10.4. The number of amides is 5. The molecule has 4 aromatic rings. The van der Waals surface area contributed by atoms with Gasteiger partial charge in [0.15, 0.2) is 5.82 Å². The summed E-state index contributed by atoms with van der Waals surface area (Å²) in [6, 6.07) is 19.2. The van der Waals surface area contributed by atoms with E-state index in [1.807, 2.05) is 30.3 Å². The first kappa shape index (κ1) is 47.4. The Kier molecular flexibility index (Phi) is 18.2. The number of aromatic nitrogens is 2. The first-order chi connectivity index (χ1) is 30.5. The van der Waals surface area contributed by atoms with Gasteiger partial charge in [0.05, 0.1) is 23.5 Å². The molecule has 2 heterocycles. The molecule has 1 fully saturated rings. The number of likely N-dealkylation sites (N-methyl/N-ethyl adjacent to an activating group) is 2. The third kappa shape index (κ3) is 13.7.